The van der Waals surface area contributed by atoms with E-state index in [9.17, 15) is 0 Å². The van der Waals surface area contributed by atoms with Gasteiger partial charge in [-0.2, -0.15) is 11.8 Å². The molecule has 1 aromatic rings. The zero-order valence-electron chi connectivity index (χ0n) is 10.8. The van der Waals surface area contributed by atoms with Gasteiger partial charge < -0.3 is 10.1 Å². The van der Waals surface area contributed by atoms with E-state index in [-0.39, 0.29) is 0 Å². The van der Waals surface area contributed by atoms with Crippen LogP contribution in [0.15, 0.2) is 24.3 Å². The monoisotopic (exact) mass is 251 g/mol. The molecule has 0 radical (unpaired) electrons. The van der Waals surface area contributed by atoms with Crippen molar-refractivity contribution in [2.75, 3.05) is 23.9 Å². The maximum Gasteiger partial charge on any atom is 0.119 e. The molecule has 1 aliphatic rings. The third kappa shape index (κ3) is 3.56. The molecule has 1 aliphatic heterocycles. The minimum atomic E-state index is 0.451. The Morgan fingerprint density at radius 3 is 2.59 bits per heavy atom. The molecule has 1 atom stereocenters. The molecule has 0 aromatic heterocycles. The minimum Gasteiger partial charge on any atom is -0.497 e. The molecule has 0 bridgehead atoms. The first-order valence-electron chi connectivity index (χ1n) is 6.07. The van der Waals surface area contributed by atoms with E-state index in [1.54, 1.807) is 7.11 Å². The molecular weight excluding hydrogens is 230 g/mol. The van der Waals surface area contributed by atoms with Gasteiger partial charge in [-0.05, 0) is 41.9 Å². The van der Waals surface area contributed by atoms with E-state index in [1.807, 2.05) is 23.9 Å². The van der Waals surface area contributed by atoms with Gasteiger partial charge in [0.2, 0.25) is 0 Å². The summed E-state index contributed by atoms with van der Waals surface area (Å²) in [5.74, 6) is 3.39. The Balaban J connectivity index is 1.95. The largest absolute Gasteiger partial charge is 0.497 e. The van der Waals surface area contributed by atoms with E-state index in [1.165, 1.54) is 23.6 Å². The van der Waals surface area contributed by atoms with Crippen LogP contribution in [-0.4, -0.2) is 24.7 Å². The third-order valence-corrected chi connectivity index (χ3v) is 4.70. The molecular formula is C14H21NOS. The third-order valence-electron chi connectivity index (χ3n) is 3.07. The Kier molecular flexibility index (Phi) is 3.87. The molecule has 1 N–H and O–H groups in total. The van der Waals surface area contributed by atoms with Crippen molar-refractivity contribution in [1.82, 2.24) is 0 Å². The molecule has 2 rings (SSSR count). The maximum absolute atomic E-state index is 5.16. The number of hydrogen-bond donors (Lipinski definition) is 1. The first-order valence-corrected chi connectivity index (χ1v) is 7.23. The molecule has 1 unspecified atom stereocenters. The first kappa shape index (κ1) is 12.6. The van der Waals surface area contributed by atoms with Crippen LogP contribution in [0, 0.1) is 5.41 Å². The number of ether oxygens (including phenoxy) is 1. The van der Waals surface area contributed by atoms with E-state index in [0.29, 0.717) is 11.5 Å². The Morgan fingerprint density at radius 1 is 1.29 bits per heavy atom. The van der Waals surface area contributed by atoms with Gasteiger partial charge in [-0.15, -0.1) is 0 Å². The maximum atomic E-state index is 5.16. The number of hydrogen-bond acceptors (Lipinski definition) is 3. The van der Waals surface area contributed by atoms with Gasteiger partial charge in [0.15, 0.2) is 0 Å². The van der Waals surface area contributed by atoms with Crippen LogP contribution in [0.1, 0.15) is 20.3 Å². The summed E-state index contributed by atoms with van der Waals surface area (Å²) < 4.78 is 5.16. The average Bonchev–Trinajstić information content (AvgIpc) is 2.29. The molecule has 2 nitrogen and oxygen atoms in total. The van der Waals surface area contributed by atoms with Gasteiger partial charge in [0.1, 0.15) is 5.75 Å². The normalized spacial score (nSPS) is 23.1. The summed E-state index contributed by atoms with van der Waals surface area (Å²) in [6.45, 7) is 4.70. The van der Waals surface area contributed by atoms with Crippen molar-refractivity contribution >= 4 is 17.4 Å². The summed E-state index contributed by atoms with van der Waals surface area (Å²) in [6, 6.07) is 8.76. The van der Waals surface area contributed by atoms with Gasteiger partial charge in [0.05, 0.1) is 7.11 Å². The highest BCUT2D eigenvalue weighted by molar-refractivity contribution is 7.99. The molecule has 0 spiro atoms. The fourth-order valence-electron chi connectivity index (χ4n) is 2.28. The van der Waals surface area contributed by atoms with Crippen LogP contribution in [0.25, 0.3) is 0 Å². The van der Waals surface area contributed by atoms with Crippen molar-refractivity contribution < 1.29 is 4.74 Å². The lowest BCUT2D eigenvalue weighted by Crippen LogP contribution is -2.35. The highest BCUT2D eigenvalue weighted by Gasteiger charge is 2.28. The van der Waals surface area contributed by atoms with Crippen molar-refractivity contribution in [2.24, 2.45) is 5.41 Å². The van der Waals surface area contributed by atoms with Crippen LogP contribution < -0.4 is 10.1 Å². The molecule has 1 heterocycles. The van der Waals surface area contributed by atoms with Gasteiger partial charge in [-0.25, -0.2) is 0 Å². The SMILES string of the molecule is COc1ccc(NC2CSCC(C)(C)C2)cc1. The summed E-state index contributed by atoms with van der Waals surface area (Å²) >= 11 is 2.05. The van der Waals surface area contributed by atoms with Crippen LogP contribution >= 0.6 is 11.8 Å². The smallest absolute Gasteiger partial charge is 0.119 e. The van der Waals surface area contributed by atoms with Crippen LogP contribution in [0.4, 0.5) is 5.69 Å². The second kappa shape index (κ2) is 5.21. The lowest BCUT2D eigenvalue weighted by Gasteiger charge is -2.35. The Hall–Kier alpha value is -0.830. The first-order chi connectivity index (χ1) is 8.09. The minimum absolute atomic E-state index is 0.451. The summed E-state index contributed by atoms with van der Waals surface area (Å²) in [5.41, 5.74) is 1.64. The second-order valence-electron chi connectivity index (χ2n) is 5.45. The number of nitrogens with one attached hydrogen (secondary N) is 1. The van der Waals surface area contributed by atoms with Gasteiger partial charge in [0.25, 0.3) is 0 Å². The van der Waals surface area contributed by atoms with Gasteiger partial charge in [-0.1, -0.05) is 13.8 Å². The highest BCUT2D eigenvalue weighted by Crippen LogP contribution is 2.34. The number of rotatable bonds is 3. The van der Waals surface area contributed by atoms with Crippen LogP contribution in [0.3, 0.4) is 0 Å². The molecule has 1 saturated heterocycles. The van der Waals surface area contributed by atoms with Crippen molar-refractivity contribution in [3.63, 3.8) is 0 Å². The van der Waals surface area contributed by atoms with Gasteiger partial charge in [0, 0.05) is 17.5 Å². The fraction of sp³-hybridized carbons (Fsp3) is 0.571. The highest BCUT2D eigenvalue weighted by atomic mass is 32.2. The number of thioether (sulfide) groups is 1. The number of anilines is 1. The van der Waals surface area contributed by atoms with E-state index in [2.05, 4.69) is 31.3 Å². The quantitative estimate of drug-likeness (QED) is 0.886. The fourth-order valence-corrected chi connectivity index (χ4v) is 3.55. The van der Waals surface area contributed by atoms with Crippen molar-refractivity contribution in [2.45, 2.75) is 26.3 Å². The zero-order valence-corrected chi connectivity index (χ0v) is 11.6. The van der Waals surface area contributed by atoms with Crippen LogP contribution in [0.5, 0.6) is 5.75 Å². The molecule has 17 heavy (non-hydrogen) atoms. The van der Waals surface area contributed by atoms with E-state index >= 15 is 0 Å². The molecule has 0 aliphatic carbocycles. The zero-order chi connectivity index (χ0) is 12.3. The number of methoxy groups -OCH3 is 1. The Bertz CT molecular complexity index is 361. The molecule has 94 valence electrons. The Morgan fingerprint density at radius 2 is 2.00 bits per heavy atom. The molecule has 0 amide bonds. The Labute approximate surface area is 108 Å². The predicted molar refractivity (Wildman–Crippen MR) is 76.1 cm³/mol. The van der Waals surface area contributed by atoms with Crippen molar-refractivity contribution in [1.29, 1.82) is 0 Å². The van der Waals surface area contributed by atoms with Gasteiger partial charge >= 0.3 is 0 Å². The standard InChI is InChI=1S/C14H21NOS/c1-14(2)8-12(9-17-10-14)15-11-4-6-13(16-3)7-5-11/h4-7,12,15H,8-10H2,1-3H3. The summed E-state index contributed by atoms with van der Waals surface area (Å²) in [7, 11) is 1.70. The van der Waals surface area contributed by atoms with E-state index < -0.39 is 0 Å². The van der Waals surface area contributed by atoms with Crippen LogP contribution in [0.2, 0.25) is 0 Å². The summed E-state index contributed by atoms with van der Waals surface area (Å²) in [5, 5.41) is 3.61. The van der Waals surface area contributed by atoms with E-state index in [4.69, 9.17) is 4.74 Å². The van der Waals surface area contributed by atoms with Crippen LogP contribution in [-0.2, 0) is 0 Å². The average molecular weight is 251 g/mol. The van der Waals surface area contributed by atoms with E-state index in [0.717, 1.165) is 5.75 Å². The van der Waals surface area contributed by atoms with Crippen molar-refractivity contribution in [3.05, 3.63) is 24.3 Å². The topological polar surface area (TPSA) is 21.3 Å². The lowest BCUT2D eigenvalue weighted by molar-refractivity contribution is 0.358. The molecule has 0 saturated carbocycles. The van der Waals surface area contributed by atoms with Crippen molar-refractivity contribution in [3.8, 4) is 5.75 Å². The predicted octanol–water partition coefficient (Wildman–Crippen LogP) is 3.64. The molecule has 1 aromatic carbocycles. The lowest BCUT2D eigenvalue weighted by atomic mass is 9.88. The summed E-state index contributed by atoms with van der Waals surface area (Å²) in [6.07, 6.45) is 1.24. The second-order valence-corrected chi connectivity index (χ2v) is 6.48. The molecule has 3 heteroatoms. The van der Waals surface area contributed by atoms with Gasteiger partial charge in [-0.3, -0.25) is 0 Å². The molecule has 1 fully saturated rings. The number of benzene rings is 1. The summed E-state index contributed by atoms with van der Waals surface area (Å²) in [4.78, 5) is 0.